The summed E-state index contributed by atoms with van der Waals surface area (Å²) in [6.45, 7) is 7.04. The van der Waals surface area contributed by atoms with E-state index < -0.39 is 0 Å². The summed E-state index contributed by atoms with van der Waals surface area (Å²) < 4.78 is 0. The minimum atomic E-state index is 0.000161. The first-order chi connectivity index (χ1) is 7.94. The molecule has 0 aliphatic rings. The van der Waals surface area contributed by atoms with Gasteiger partial charge in [0.05, 0.1) is 4.88 Å². The van der Waals surface area contributed by atoms with Gasteiger partial charge in [-0.15, -0.1) is 11.3 Å². The lowest BCUT2D eigenvalue weighted by atomic mass is 9.88. The first kappa shape index (κ1) is 14.2. The van der Waals surface area contributed by atoms with Crippen LogP contribution in [-0.4, -0.2) is 24.2 Å². The molecule has 0 atom stereocenters. The van der Waals surface area contributed by atoms with E-state index in [-0.39, 0.29) is 17.9 Å². The Labute approximate surface area is 107 Å². The fourth-order valence-electron chi connectivity index (χ4n) is 1.61. The number of nitrogens with one attached hydrogen (secondary N) is 1. The van der Waals surface area contributed by atoms with E-state index in [4.69, 9.17) is 5.11 Å². The zero-order valence-electron chi connectivity index (χ0n) is 10.7. The molecule has 4 heteroatoms. The van der Waals surface area contributed by atoms with Crippen molar-refractivity contribution in [3.05, 3.63) is 21.9 Å². The summed E-state index contributed by atoms with van der Waals surface area (Å²) in [5, 5.41) is 11.8. The van der Waals surface area contributed by atoms with Crippen LogP contribution in [0, 0.1) is 12.3 Å². The number of hydrogen-bond acceptors (Lipinski definition) is 3. The van der Waals surface area contributed by atoms with Crippen LogP contribution in [0.2, 0.25) is 0 Å². The number of carbonyl (C=O) groups is 1. The maximum Gasteiger partial charge on any atom is 0.261 e. The van der Waals surface area contributed by atoms with Crippen LogP contribution in [-0.2, 0) is 0 Å². The number of amides is 1. The van der Waals surface area contributed by atoms with Gasteiger partial charge in [0.25, 0.3) is 5.91 Å². The van der Waals surface area contributed by atoms with Crippen molar-refractivity contribution in [3.8, 4) is 0 Å². The Morgan fingerprint density at radius 1 is 1.47 bits per heavy atom. The summed E-state index contributed by atoms with van der Waals surface area (Å²) >= 11 is 1.51. The van der Waals surface area contributed by atoms with Gasteiger partial charge in [-0.2, -0.15) is 0 Å². The molecule has 1 heterocycles. The lowest BCUT2D eigenvalue weighted by molar-refractivity contribution is 0.0937. The molecule has 1 aromatic heterocycles. The van der Waals surface area contributed by atoms with Crippen molar-refractivity contribution in [2.45, 2.75) is 33.6 Å². The topological polar surface area (TPSA) is 49.3 Å². The van der Waals surface area contributed by atoms with Crippen molar-refractivity contribution in [1.82, 2.24) is 5.32 Å². The van der Waals surface area contributed by atoms with Crippen LogP contribution in [0.3, 0.4) is 0 Å². The average molecular weight is 255 g/mol. The van der Waals surface area contributed by atoms with Crippen LogP contribution < -0.4 is 5.32 Å². The van der Waals surface area contributed by atoms with E-state index in [0.29, 0.717) is 6.54 Å². The highest BCUT2D eigenvalue weighted by Crippen LogP contribution is 2.21. The van der Waals surface area contributed by atoms with E-state index in [9.17, 15) is 4.79 Å². The molecule has 0 aliphatic carbocycles. The summed E-state index contributed by atoms with van der Waals surface area (Å²) in [5.74, 6) is 0.000161. The Balaban J connectivity index is 2.42. The highest BCUT2D eigenvalue weighted by molar-refractivity contribution is 7.13. The van der Waals surface area contributed by atoms with Crippen LogP contribution in [0.25, 0.3) is 0 Å². The van der Waals surface area contributed by atoms with E-state index in [2.05, 4.69) is 19.2 Å². The van der Waals surface area contributed by atoms with Crippen molar-refractivity contribution < 1.29 is 9.90 Å². The van der Waals surface area contributed by atoms with E-state index >= 15 is 0 Å². The van der Waals surface area contributed by atoms with E-state index in [1.807, 2.05) is 19.1 Å². The Bertz CT molecular complexity index is 371. The van der Waals surface area contributed by atoms with Gasteiger partial charge >= 0.3 is 0 Å². The number of rotatable bonds is 6. The molecular formula is C13H21NO2S. The minimum Gasteiger partial charge on any atom is -0.396 e. The van der Waals surface area contributed by atoms with Gasteiger partial charge < -0.3 is 10.4 Å². The predicted octanol–water partition coefficient (Wildman–Crippen LogP) is 2.59. The first-order valence-electron chi connectivity index (χ1n) is 5.90. The molecule has 0 radical (unpaired) electrons. The molecule has 96 valence electrons. The third kappa shape index (κ3) is 4.88. The molecule has 0 bridgehead atoms. The van der Waals surface area contributed by atoms with Crippen molar-refractivity contribution in [3.63, 3.8) is 0 Å². The molecule has 17 heavy (non-hydrogen) atoms. The van der Waals surface area contributed by atoms with E-state index in [0.717, 1.165) is 22.6 Å². The Morgan fingerprint density at radius 3 is 2.71 bits per heavy atom. The van der Waals surface area contributed by atoms with Crippen molar-refractivity contribution in [2.24, 2.45) is 5.41 Å². The van der Waals surface area contributed by atoms with Crippen LogP contribution in [0.15, 0.2) is 12.1 Å². The highest BCUT2D eigenvalue weighted by Gasteiger charge is 2.19. The molecule has 1 aromatic rings. The maximum absolute atomic E-state index is 11.8. The molecule has 3 nitrogen and oxygen atoms in total. The molecule has 0 spiro atoms. The summed E-state index contributed by atoms with van der Waals surface area (Å²) in [7, 11) is 0. The van der Waals surface area contributed by atoms with Crippen LogP contribution in [0.1, 0.15) is 41.2 Å². The number of aliphatic hydroxyl groups excluding tert-OH is 1. The molecule has 0 saturated heterocycles. The van der Waals surface area contributed by atoms with Crippen LogP contribution in [0.5, 0.6) is 0 Å². The van der Waals surface area contributed by atoms with Gasteiger partial charge in [-0.25, -0.2) is 0 Å². The van der Waals surface area contributed by atoms with Crippen LogP contribution in [0.4, 0.5) is 0 Å². The third-order valence-electron chi connectivity index (χ3n) is 2.70. The number of aliphatic hydroxyl groups is 1. The highest BCUT2D eigenvalue weighted by atomic mass is 32.1. The number of thiophene rings is 1. The second-order valence-corrected chi connectivity index (χ2v) is 6.37. The molecule has 0 aromatic carbocycles. The third-order valence-corrected chi connectivity index (χ3v) is 3.70. The zero-order valence-corrected chi connectivity index (χ0v) is 11.6. The molecule has 0 aliphatic heterocycles. The maximum atomic E-state index is 11.8. The summed E-state index contributed by atoms with van der Waals surface area (Å²) in [5.41, 5.74) is 0.0324. The van der Waals surface area contributed by atoms with Gasteiger partial charge in [-0.1, -0.05) is 13.8 Å². The molecular weight excluding hydrogens is 234 g/mol. The van der Waals surface area contributed by atoms with Crippen LogP contribution >= 0.6 is 11.3 Å². The number of aryl methyl sites for hydroxylation is 1. The largest absolute Gasteiger partial charge is 0.396 e. The standard InChI is InChI=1S/C13H21NO2S/c1-10-5-6-11(17-10)12(16)14-9-13(2,3)7-4-8-15/h5-6,15H,4,7-9H2,1-3H3,(H,14,16). The van der Waals surface area contributed by atoms with E-state index in [1.54, 1.807) is 0 Å². The predicted molar refractivity (Wildman–Crippen MR) is 71.5 cm³/mol. The van der Waals surface area contributed by atoms with Gasteiger partial charge in [0, 0.05) is 18.0 Å². The summed E-state index contributed by atoms with van der Waals surface area (Å²) in [6, 6.07) is 3.81. The van der Waals surface area contributed by atoms with Crippen molar-refractivity contribution in [1.29, 1.82) is 0 Å². The molecule has 1 amide bonds. The molecule has 0 fully saturated rings. The lowest BCUT2D eigenvalue weighted by Crippen LogP contribution is -2.33. The SMILES string of the molecule is Cc1ccc(C(=O)NCC(C)(C)CCCO)s1. The van der Waals surface area contributed by atoms with Gasteiger partial charge in [0.1, 0.15) is 0 Å². The molecule has 0 unspecified atom stereocenters. The van der Waals surface area contributed by atoms with Gasteiger partial charge in [0.15, 0.2) is 0 Å². The fourth-order valence-corrected chi connectivity index (χ4v) is 2.39. The Morgan fingerprint density at radius 2 is 2.18 bits per heavy atom. The summed E-state index contributed by atoms with van der Waals surface area (Å²) in [4.78, 5) is 13.7. The van der Waals surface area contributed by atoms with Gasteiger partial charge in [0.2, 0.25) is 0 Å². The molecule has 1 rings (SSSR count). The van der Waals surface area contributed by atoms with E-state index in [1.165, 1.54) is 11.3 Å². The molecule has 0 saturated carbocycles. The number of hydrogen-bond donors (Lipinski definition) is 2. The number of carbonyl (C=O) groups excluding carboxylic acids is 1. The monoisotopic (exact) mass is 255 g/mol. The zero-order chi connectivity index (χ0) is 12.9. The second kappa shape index (κ2) is 6.17. The Hall–Kier alpha value is -0.870. The van der Waals surface area contributed by atoms with Gasteiger partial charge in [-0.05, 0) is 37.3 Å². The normalized spacial score (nSPS) is 11.5. The lowest BCUT2D eigenvalue weighted by Gasteiger charge is -2.24. The van der Waals surface area contributed by atoms with Crippen molar-refractivity contribution in [2.75, 3.05) is 13.2 Å². The smallest absolute Gasteiger partial charge is 0.261 e. The van der Waals surface area contributed by atoms with Gasteiger partial charge in [-0.3, -0.25) is 4.79 Å². The first-order valence-corrected chi connectivity index (χ1v) is 6.72. The quantitative estimate of drug-likeness (QED) is 0.821. The summed E-state index contributed by atoms with van der Waals surface area (Å²) in [6.07, 6.45) is 1.69. The Kier molecular flexibility index (Phi) is 5.15. The minimum absolute atomic E-state index is 0.000161. The average Bonchev–Trinajstić information content (AvgIpc) is 2.70. The fraction of sp³-hybridized carbons (Fsp3) is 0.615. The molecule has 2 N–H and O–H groups in total. The van der Waals surface area contributed by atoms with Crippen molar-refractivity contribution >= 4 is 17.2 Å². The second-order valence-electron chi connectivity index (χ2n) is 5.08.